The average molecular weight is 364 g/mol. The first-order chi connectivity index (χ1) is 11.9. The van der Waals surface area contributed by atoms with Gasteiger partial charge >= 0.3 is 0 Å². The summed E-state index contributed by atoms with van der Waals surface area (Å²) in [7, 11) is 0. The van der Waals surface area contributed by atoms with Gasteiger partial charge in [0.25, 0.3) is 5.69 Å². The largest absolute Gasteiger partial charge is 0.375 e. The van der Waals surface area contributed by atoms with Gasteiger partial charge < -0.3 is 5.73 Å². The number of nitrogens with zero attached hydrogens (tertiary/aromatic N) is 2. The molecular formula is C15H22N7O2S+3. The van der Waals surface area contributed by atoms with Crippen molar-refractivity contribution < 1.29 is 19.6 Å². The minimum atomic E-state index is -0.375. The molecule has 0 aromatic heterocycles. The van der Waals surface area contributed by atoms with Crippen LogP contribution >= 0.6 is 12.2 Å². The molecule has 0 aliphatic carbocycles. The van der Waals surface area contributed by atoms with Gasteiger partial charge in [0.05, 0.1) is 10.6 Å². The van der Waals surface area contributed by atoms with Gasteiger partial charge in [-0.25, -0.2) is 14.7 Å². The highest BCUT2D eigenvalue weighted by Crippen LogP contribution is 2.25. The number of rotatable bonds is 4. The molecular weight excluding hydrogens is 342 g/mol. The number of nitrogens with two attached hydrogens (primary N) is 1. The summed E-state index contributed by atoms with van der Waals surface area (Å²) in [5.41, 5.74) is 9.83. The summed E-state index contributed by atoms with van der Waals surface area (Å²) in [6, 6.07) is 6.68. The molecule has 6 N–H and O–H groups in total. The number of hydrazone groups is 1. The maximum Gasteiger partial charge on any atom is 0.270 e. The first kappa shape index (κ1) is 16.3. The molecule has 0 saturated carbocycles. The van der Waals surface area contributed by atoms with Crippen LogP contribution in [0.25, 0.3) is 0 Å². The van der Waals surface area contributed by atoms with Crippen LogP contribution in [-0.4, -0.2) is 55.4 Å². The Bertz CT molecular complexity index is 731. The second-order valence-electron chi connectivity index (χ2n) is 7.33. The second kappa shape index (κ2) is 5.99. The van der Waals surface area contributed by atoms with Crippen molar-refractivity contribution in [2.45, 2.75) is 0 Å². The molecule has 4 saturated heterocycles. The van der Waals surface area contributed by atoms with Gasteiger partial charge in [0, 0.05) is 17.7 Å². The highest BCUT2D eigenvalue weighted by Gasteiger charge is 2.60. The first-order valence-corrected chi connectivity index (χ1v) is 8.75. The van der Waals surface area contributed by atoms with Gasteiger partial charge in [-0.05, 0) is 12.2 Å². The fourth-order valence-electron chi connectivity index (χ4n) is 4.86. The number of benzene rings is 1. The topological polar surface area (TPSA) is 107 Å². The number of thiocarbonyl (C=S) groups is 1. The number of nitro benzene ring substituents is 1. The quantitative estimate of drug-likeness (QED) is 0.161. The third-order valence-corrected chi connectivity index (χ3v) is 5.47. The summed E-state index contributed by atoms with van der Waals surface area (Å²) >= 11 is 4.91. The lowest BCUT2D eigenvalue weighted by Gasteiger charge is -2.52. The fraction of sp³-hybridized carbons (Fsp3) is 0.467. The molecule has 4 aliphatic rings. The van der Waals surface area contributed by atoms with Crippen molar-refractivity contribution in [1.29, 1.82) is 0 Å². The molecule has 4 heterocycles. The summed E-state index contributed by atoms with van der Waals surface area (Å²) in [5.74, 6) is 0. The molecule has 1 aromatic carbocycles. The Morgan fingerprint density at radius 2 is 1.84 bits per heavy atom. The first-order valence-electron chi connectivity index (χ1n) is 8.34. The van der Waals surface area contributed by atoms with Crippen LogP contribution in [0.15, 0.2) is 29.4 Å². The van der Waals surface area contributed by atoms with Crippen molar-refractivity contribution >= 4 is 28.7 Å². The Balaban J connectivity index is 1.77. The van der Waals surface area contributed by atoms with E-state index in [-0.39, 0.29) is 21.1 Å². The SMILES string of the molecule is NC(=S)NN=C(c1cccc([N+](=O)[O-])c1)C12C[NH+]3C[NH+](C[NH+](C3)C1)C2. The zero-order chi connectivity index (χ0) is 17.6. The van der Waals surface area contributed by atoms with E-state index in [1.54, 1.807) is 26.8 Å². The summed E-state index contributed by atoms with van der Waals surface area (Å²) in [4.78, 5) is 15.5. The van der Waals surface area contributed by atoms with Crippen LogP contribution in [-0.2, 0) is 0 Å². The average Bonchev–Trinajstić information content (AvgIpc) is 2.53. The summed E-state index contributed by atoms with van der Waals surface area (Å²) in [5, 5.41) is 15.8. The lowest BCUT2D eigenvalue weighted by Crippen LogP contribution is -3.56. The van der Waals surface area contributed by atoms with Crippen molar-refractivity contribution in [3.63, 3.8) is 0 Å². The molecule has 5 rings (SSSR count). The number of quaternary nitrogens is 3. The monoisotopic (exact) mass is 364 g/mol. The van der Waals surface area contributed by atoms with E-state index in [0.717, 1.165) is 50.9 Å². The number of nitro groups is 1. The minimum Gasteiger partial charge on any atom is -0.375 e. The lowest BCUT2D eigenvalue weighted by molar-refractivity contribution is -1.30. The summed E-state index contributed by atoms with van der Waals surface area (Å²) in [6.45, 7) is 6.37. The molecule has 25 heavy (non-hydrogen) atoms. The van der Waals surface area contributed by atoms with Gasteiger partial charge in [0.2, 0.25) is 20.0 Å². The molecule has 132 valence electrons. The molecule has 10 heteroatoms. The van der Waals surface area contributed by atoms with E-state index in [9.17, 15) is 10.1 Å². The van der Waals surface area contributed by atoms with E-state index in [0.29, 0.717) is 0 Å². The summed E-state index contributed by atoms with van der Waals surface area (Å²) in [6.07, 6.45) is 0. The zero-order valence-electron chi connectivity index (χ0n) is 13.7. The van der Waals surface area contributed by atoms with Crippen LogP contribution in [0.2, 0.25) is 0 Å². The van der Waals surface area contributed by atoms with Crippen molar-refractivity contribution in [3.05, 3.63) is 39.9 Å². The van der Waals surface area contributed by atoms with Crippen LogP contribution in [0.5, 0.6) is 0 Å². The van der Waals surface area contributed by atoms with Crippen molar-refractivity contribution in [3.8, 4) is 0 Å². The summed E-state index contributed by atoms with van der Waals surface area (Å²) < 4.78 is 0. The molecule has 0 unspecified atom stereocenters. The van der Waals surface area contributed by atoms with Gasteiger partial charge in [-0.1, -0.05) is 12.1 Å². The highest BCUT2D eigenvalue weighted by molar-refractivity contribution is 7.80. The lowest BCUT2D eigenvalue weighted by atomic mass is 9.74. The van der Waals surface area contributed by atoms with Crippen LogP contribution in [0.4, 0.5) is 5.69 Å². The molecule has 4 fully saturated rings. The molecule has 0 spiro atoms. The third kappa shape index (κ3) is 2.97. The van der Waals surface area contributed by atoms with Crippen molar-refractivity contribution in [2.75, 3.05) is 39.6 Å². The Morgan fingerprint density at radius 1 is 1.24 bits per heavy atom. The Hall–Kier alpha value is -2.14. The van der Waals surface area contributed by atoms with E-state index in [1.807, 2.05) is 6.07 Å². The van der Waals surface area contributed by atoms with Gasteiger partial charge in [-0.2, -0.15) is 5.10 Å². The molecule has 0 amide bonds. The van der Waals surface area contributed by atoms with Gasteiger partial charge in [-0.15, -0.1) is 0 Å². The normalized spacial score (nSPS) is 33.3. The molecule has 4 bridgehead atoms. The molecule has 1 aromatic rings. The number of nitrogens with one attached hydrogen (secondary N) is 4. The van der Waals surface area contributed by atoms with Gasteiger partial charge in [0.1, 0.15) is 19.6 Å². The van der Waals surface area contributed by atoms with E-state index >= 15 is 0 Å². The maximum atomic E-state index is 11.2. The predicted octanol–water partition coefficient (Wildman–Crippen LogP) is -4.31. The smallest absolute Gasteiger partial charge is 0.270 e. The van der Waals surface area contributed by atoms with Crippen LogP contribution in [0.3, 0.4) is 0 Å². The maximum absolute atomic E-state index is 11.2. The van der Waals surface area contributed by atoms with E-state index < -0.39 is 0 Å². The molecule has 4 aliphatic heterocycles. The predicted molar refractivity (Wildman–Crippen MR) is 94.1 cm³/mol. The second-order valence-corrected chi connectivity index (χ2v) is 7.77. The standard InChI is InChI=1S/C15H19N7O2S/c16-14(25)18-17-13(11-2-1-3-12(4-11)22(23)24)15-5-19-8-20(6-15)10-21(7-15)9-19/h1-4H,5-10H2,(H3,16,18,25)/p+3. The van der Waals surface area contributed by atoms with E-state index in [4.69, 9.17) is 18.0 Å². The van der Waals surface area contributed by atoms with Crippen LogP contribution in [0.1, 0.15) is 5.56 Å². The molecule has 9 nitrogen and oxygen atoms in total. The highest BCUT2D eigenvalue weighted by atomic mass is 32.1. The Labute approximate surface area is 150 Å². The fourth-order valence-corrected chi connectivity index (χ4v) is 4.91. The van der Waals surface area contributed by atoms with E-state index in [1.165, 1.54) is 6.07 Å². The number of hydrogen-bond acceptors (Lipinski definition) is 4. The van der Waals surface area contributed by atoms with Crippen molar-refractivity contribution in [1.82, 2.24) is 5.43 Å². The van der Waals surface area contributed by atoms with Crippen LogP contribution < -0.4 is 25.9 Å². The molecule has 0 atom stereocenters. The van der Waals surface area contributed by atoms with Crippen molar-refractivity contribution in [2.24, 2.45) is 16.3 Å². The molecule has 0 radical (unpaired) electrons. The minimum absolute atomic E-state index is 0.0678. The van der Waals surface area contributed by atoms with Crippen LogP contribution in [0, 0.1) is 15.5 Å². The van der Waals surface area contributed by atoms with Gasteiger partial charge in [0.15, 0.2) is 10.5 Å². The number of non-ortho nitro benzene ring substituents is 1. The number of hydrogen-bond donors (Lipinski definition) is 5. The zero-order valence-corrected chi connectivity index (χ0v) is 14.6. The van der Waals surface area contributed by atoms with Gasteiger partial charge in [-0.3, -0.25) is 15.5 Å². The Kier molecular flexibility index (Phi) is 3.91. The van der Waals surface area contributed by atoms with E-state index in [2.05, 4.69) is 10.5 Å². The third-order valence-electron chi connectivity index (χ3n) is 5.38. The Morgan fingerprint density at radius 3 is 2.36 bits per heavy atom.